The topological polar surface area (TPSA) is 49.9 Å². The van der Waals surface area contributed by atoms with E-state index in [1.54, 1.807) is 4.90 Å². The molecule has 2 heterocycles. The molecule has 1 aromatic carbocycles. The first-order chi connectivity index (χ1) is 12.5. The Kier molecular flexibility index (Phi) is 6.06. The first kappa shape index (κ1) is 18.6. The van der Waals surface area contributed by atoms with Gasteiger partial charge in [0.15, 0.2) is 18.2 Å². The number of carbonyl (C=O) groups is 2. The second-order valence-corrected chi connectivity index (χ2v) is 6.90. The van der Waals surface area contributed by atoms with E-state index in [1.165, 1.54) is 12.5 Å². The third-order valence-corrected chi connectivity index (χ3v) is 5.11. The van der Waals surface area contributed by atoms with Crippen LogP contribution in [0.4, 0.5) is 8.78 Å². The van der Waals surface area contributed by atoms with Crippen LogP contribution in [0, 0.1) is 17.6 Å². The van der Waals surface area contributed by atoms with Crippen molar-refractivity contribution in [2.45, 2.75) is 32.1 Å². The van der Waals surface area contributed by atoms with Crippen LogP contribution in [0.25, 0.3) is 0 Å². The minimum atomic E-state index is -0.830. The average Bonchev–Trinajstić information content (AvgIpc) is 2.67. The van der Waals surface area contributed by atoms with Gasteiger partial charge in [0, 0.05) is 38.2 Å². The van der Waals surface area contributed by atoms with Crippen LogP contribution in [0.2, 0.25) is 0 Å². The van der Waals surface area contributed by atoms with Crippen LogP contribution in [0.1, 0.15) is 32.1 Å². The smallest absolute Gasteiger partial charge is 0.260 e. The molecule has 5 nitrogen and oxygen atoms in total. The van der Waals surface area contributed by atoms with Gasteiger partial charge in [-0.3, -0.25) is 9.59 Å². The molecule has 142 valence electrons. The van der Waals surface area contributed by atoms with Gasteiger partial charge in [0.05, 0.1) is 0 Å². The van der Waals surface area contributed by atoms with E-state index in [9.17, 15) is 18.4 Å². The summed E-state index contributed by atoms with van der Waals surface area (Å²) >= 11 is 0. The maximum Gasteiger partial charge on any atom is 0.260 e. The van der Waals surface area contributed by atoms with E-state index < -0.39 is 11.6 Å². The van der Waals surface area contributed by atoms with Crippen molar-refractivity contribution in [2.75, 3.05) is 32.8 Å². The van der Waals surface area contributed by atoms with Crippen molar-refractivity contribution in [2.24, 2.45) is 5.92 Å². The van der Waals surface area contributed by atoms with Crippen LogP contribution < -0.4 is 4.74 Å². The van der Waals surface area contributed by atoms with Gasteiger partial charge in [-0.2, -0.15) is 0 Å². The van der Waals surface area contributed by atoms with Gasteiger partial charge in [0.2, 0.25) is 5.91 Å². The lowest BCUT2D eigenvalue weighted by Crippen LogP contribution is -2.46. The fourth-order valence-corrected chi connectivity index (χ4v) is 3.57. The van der Waals surface area contributed by atoms with E-state index in [0.717, 1.165) is 38.1 Å². The molecule has 3 rings (SSSR count). The molecule has 0 unspecified atom stereocenters. The molecule has 1 aromatic rings. The second kappa shape index (κ2) is 8.47. The number of hydrogen-bond acceptors (Lipinski definition) is 3. The van der Waals surface area contributed by atoms with E-state index >= 15 is 0 Å². The summed E-state index contributed by atoms with van der Waals surface area (Å²) in [6, 6.07) is 2.97. The number of piperidine rings is 2. The average molecular weight is 366 g/mol. The van der Waals surface area contributed by atoms with E-state index in [4.69, 9.17) is 4.74 Å². The molecule has 2 saturated heterocycles. The molecule has 0 radical (unpaired) electrons. The van der Waals surface area contributed by atoms with Crippen molar-refractivity contribution in [3.8, 4) is 5.75 Å². The largest absolute Gasteiger partial charge is 0.481 e. The fraction of sp³-hybridized carbons (Fsp3) is 0.579. The lowest BCUT2D eigenvalue weighted by atomic mass is 9.94. The molecular weight excluding hydrogens is 342 g/mol. The summed E-state index contributed by atoms with van der Waals surface area (Å²) in [6.07, 6.45) is 4.62. The zero-order valence-corrected chi connectivity index (χ0v) is 14.8. The minimum Gasteiger partial charge on any atom is -0.481 e. The highest BCUT2D eigenvalue weighted by Crippen LogP contribution is 2.22. The van der Waals surface area contributed by atoms with Gasteiger partial charge in [-0.25, -0.2) is 8.78 Å². The van der Waals surface area contributed by atoms with Crippen LogP contribution in [0.15, 0.2) is 18.2 Å². The Hall–Kier alpha value is -2.18. The standard InChI is InChI=1S/C19H24F2N2O3/c20-15-4-5-17(16(21)12-15)26-13-18(24)22-10-6-14(7-11-22)19(25)23-8-2-1-3-9-23/h4-5,12,14H,1-3,6-11,13H2. The van der Waals surface area contributed by atoms with Crippen molar-refractivity contribution in [1.82, 2.24) is 9.80 Å². The summed E-state index contributed by atoms with van der Waals surface area (Å²) < 4.78 is 31.6. The second-order valence-electron chi connectivity index (χ2n) is 6.90. The predicted octanol–water partition coefficient (Wildman–Crippen LogP) is 2.59. The van der Waals surface area contributed by atoms with E-state index in [2.05, 4.69) is 0 Å². The number of benzene rings is 1. The summed E-state index contributed by atoms with van der Waals surface area (Å²) in [5, 5.41) is 0. The number of ether oxygens (including phenoxy) is 1. The van der Waals surface area contributed by atoms with Crippen molar-refractivity contribution < 1.29 is 23.1 Å². The molecule has 0 saturated carbocycles. The maximum absolute atomic E-state index is 13.5. The number of hydrogen-bond donors (Lipinski definition) is 0. The lowest BCUT2D eigenvalue weighted by Gasteiger charge is -2.35. The number of carbonyl (C=O) groups excluding carboxylic acids is 2. The summed E-state index contributed by atoms with van der Waals surface area (Å²) in [7, 11) is 0. The molecule has 7 heteroatoms. The Balaban J connectivity index is 1.45. The number of halogens is 2. The normalized spacial score (nSPS) is 18.7. The first-order valence-corrected chi connectivity index (χ1v) is 9.19. The van der Waals surface area contributed by atoms with Crippen molar-refractivity contribution in [3.63, 3.8) is 0 Å². The zero-order chi connectivity index (χ0) is 18.5. The highest BCUT2D eigenvalue weighted by atomic mass is 19.1. The van der Waals surface area contributed by atoms with Gasteiger partial charge in [-0.1, -0.05) is 0 Å². The first-order valence-electron chi connectivity index (χ1n) is 9.19. The van der Waals surface area contributed by atoms with Gasteiger partial charge in [-0.15, -0.1) is 0 Å². The highest BCUT2D eigenvalue weighted by molar-refractivity contribution is 5.80. The van der Waals surface area contributed by atoms with E-state index in [-0.39, 0.29) is 30.1 Å². The van der Waals surface area contributed by atoms with Crippen molar-refractivity contribution in [3.05, 3.63) is 29.8 Å². The highest BCUT2D eigenvalue weighted by Gasteiger charge is 2.30. The summed E-state index contributed by atoms with van der Waals surface area (Å²) in [4.78, 5) is 28.4. The van der Waals surface area contributed by atoms with Gasteiger partial charge in [-0.05, 0) is 44.2 Å². The molecule has 2 fully saturated rings. The molecular formula is C19H24F2N2O3. The number of likely N-dealkylation sites (tertiary alicyclic amines) is 2. The Morgan fingerprint density at radius 1 is 1.00 bits per heavy atom. The van der Waals surface area contributed by atoms with Crippen LogP contribution in [0.3, 0.4) is 0 Å². The lowest BCUT2D eigenvalue weighted by molar-refractivity contribution is -0.142. The number of rotatable bonds is 4. The predicted molar refractivity (Wildman–Crippen MR) is 91.6 cm³/mol. The van der Waals surface area contributed by atoms with Crippen LogP contribution in [-0.4, -0.2) is 54.4 Å². The molecule has 0 aliphatic carbocycles. The quantitative estimate of drug-likeness (QED) is 0.823. The van der Waals surface area contributed by atoms with Gasteiger partial charge < -0.3 is 14.5 Å². The Morgan fingerprint density at radius 3 is 2.35 bits per heavy atom. The maximum atomic E-state index is 13.5. The van der Waals surface area contributed by atoms with E-state index in [0.29, 0.717) is 25.9 Å². The zero-order valence-electron chi connectivity index (χ0n) is 14.8. The van der Waals surface area contributed by atoms with Gasteiger partial charge >= 0.3 is 0 Å². The monoisotopic (exact) mass is 366 g/mol. The third kappa shape index (κ3) is 4.51. The Labute approximate surface area is 151 Å². The molecule has 0 spiro atoms. The van der Waals surface area contributed by atoms with Gasteiger partial charge in [0.25, 0.3) is 5.91 Å². The van der Waals surface area contributed by atoms with Crippen LogP contribution >= 0.6 is 0 Å². The third-order valence-electron chi connectivity index (χ3n) is 5.11. The Bertz CT molecular complexity index is 654. The molecule has 0 bridgehead atoms. The molecule has 0 aromatic heterocycles. The number of nitrogens with zero attached hydrogens (tertiary/aromatic N) is 2. The number of amides is 2. The summed E-state index contributed by atoms with van der Waals surface area (Å²) in [6.45, 7) is 2.38. The van der Waals surface area contributed by atoms with E-state index in [1.807, 2.05) is 4.90 Å². The van der Waals surface area contributed by atoms with Crippen molar-refractivity contribution >= 4 is 11.8 Å². The summed E-state index contributed by atoms with van der Waals surface area (Å²) in [5.74, 6) is -1.73. The summed E-state index contributed by atoms with van der Waals surface area (Å²) in [5.41, 5.74) is 0. The molecule has 0 N–H and O–H groups in total. The van der Waals surface area contributed by atoms with Crippen LogP contribution in [0.5, 0.6) is 5.75 Å². The SMILES string of the molecule is O=C(COc1ccc(F)cc1F)N1CCC(C(=O)N2CCCCC2)CC1. The molecule has 2 amide bonds. The molecule has 0 atom stereocenters. The fourth-order valence-electron chi connectivity index (χ4n) is 3.57. The Morgan fingerprint density at radius 2 is 1.69 bits per heavy atom. The molecule has 26 heavy (non-hydrogen) atoms. The van der Waals surface area contributed by atoms with Gasteiger partial charge in [0.1, 0.15) is 5.82 Å². The van der Waals surface area contributed by atoms with Crippen LogP contribution in [-0.2, 0) is 9.59 Å². The molecule has 2 aliphatic rings. The molecule has 2 aliphatic heterocycles. The minimum absolute atomic E-state index is 0.0207. The van der Waals surface area contributed by atoms with Crippen molar-refractivity contribution in [1.29, 1.82) is 0 Å².